The highest BCUT2D eigenvalue weighted by molar-refractivity contribution is 7.20. The Kier molecular flexibility index (Phi) is 4.01. The molecule has 3 heterocycles. The zero-order chi connectivity index (χ0) is 17.4. The highest BCUT2D eigenvalue weighted by Crippen LogP contribution is 2.21. The second-order valence-corrected chi connectivity index (χ2v) is 7.12. The number of nitrogens with one attached hydrogen (secondary N) is 1. The van der Waals surface area contributed by atoms with Gasteiger partial charge in [0, 0.05) is 17.8 Å². The second kappa shape index (κ2) is 6.33. The lowest BCUT2D eigenvalue weighted by Crippen LogP contribution is -2.05. The molecular weight excluding hydrogens is 332 g/mol. The van der Waals surface area contributed by atoms with Crippen LogP contribution in [0.3, 0.4) is 0 Å². The largest absolute Gasteiger partial charge is 0.356 e. The third-order valence-corrected chi connectivity index (χ3v) is 5.17. The number of benzene rings is 1. The molecule has 0 amide bonds. The summed E-state index contributed by atoms with van der Waals surface area (Å²) < 4.78 is 3.89. The molecule has 0 fully saturated rings. The van der Waals surface area contributed by atoms with Crippen LogP contribution in [0.25, 0.3) is 4.96 Å². The molecule has 0 radical (unpaired) electrons. The zero-order valence-electron chi connectivity index (χ0n) is 14.5. The Morgan fingerprint density at radius 1 is 1.08 bits per heavy atom. The van der Waals surface area contributed by atoms with Crippen LogP contribution in [0.2, 0.25) is 0 Å². The van der Waals surface area contributed by atoms with E-state index in [2.05, 4.69) is 58.2 Å². The molecule has 6 nitrogen and oxygen atoms in total. The van der Waals surface area contributed by atoms with E-state index in [1.165, 1.54) is 16.8 Å². The first-order valence-corrected chi connectivity index (χ1v) is 9.05. The summed E-state index contributed by atoms with van der Waals surface area (Å²) in [6.45, 7) is 7.66. The minimum Gasteiger partial charge on any atom is -0.356 e. The zero-order valence-corrected chi connectivity index (χ0v) is 15.3. The number of nitrogens with zero attached hydrogens (tertiary/aromatic N) is 5. The molecule has 0 spiro atoms. The van der Waals surface area contributed by atoms with E-state index in [4.69, 9.17) is 5.10 Å². The minimum absolute atomic E-state index is 0.710. The molecule has 0 saturated heterocycles. The third kappa shape index (κ3) is 3.15. The van der Waals surface area contributed by atoms with Gasteiger partial charge in [0.25, 0.3) is 0 Å². The van der Waals surface area contributed by atoms with Crippen molar-refractivity contribution in [1.82, 2.24) is 24.4 Å². The molecule has 1 aromatic carbocycles. The maximum atomic E-state index is 4.70. The molecule has 4 aromatic rings. The fourth-order valence-corrected chi connectivity index (χ4v) is 3.77. The van der Waals surface area contributed by atoms with E-state index in [9.17, 15) is 0 Å². The average molecular weight is 352 g/mol. The highest BCUT2D eigenvalue weighted by Gasteiger charge is 2.13. The quantitative estimate of drug-likeness (QED) is 0.596. The first-order chi connectivity index (χ1) is 12.1. The lowest BCUT2D eigenvalue weighted by Gasteiger charge is -2.06. The van der Waals surface area contributed by atoms with E-state index in [-0.39, 0.29) is 0 Å². The maximum absolute atomic E-state index is 4.70. The van der Waals surface area contributed by atoms with Crippen LogP contribution in [0, 0.1) is 20.8 Å². The van der Waals surface area contributed by atoms with Crippen molar-refractivity contribution in [3.8, 4) is 0 Å². The van der Waals surface area contributed by atoms with Crippen molar-refractivity contribution >= 4 is 21.4 Å². The van der Waals surface area contributed by atoms with E-state index >= 15 is 0 Å². The summed E-state index contributed by atoms with van der Waals surface area (Å²) in [5.41, 5.74) is 5.70. The molecule has 3 aromatic heterocycles. The fourth-order valence-electron chi connectivity index (χ4n) is 2.94. The van der Waals surface area contributed by atoms with E-state index in [0.29, 0.717) is 6.54 Å². The summed E-state index contributed by atoms with van der Waals surface area (Å²) in [6, 6.07) is 10.4. The lowest BCUT2D eigenvalue weighted by molar-refractivity contribution is 0.658. The van der Waals surface area contributed by atoms with Gasteiger partial charge >= 0.3 is 0 Å². The van der Waals surface area contributed by atoms with E-state index < -0.39 is 0 Å². The first-order valence-electron chi connectivity index (χ1n) is 8.23. The van der Waals surface area contributed by atoms with Crippen molar-refractivity contribution in [2.75, 3.05) is 5.32 Å². The highest BCUT2D eigenvalue weighted by atomic mass is 32.1. The van der Waals surface area contributed by atoms with E-state index in [1.807, 2.05) is 23.7 Å². The molecule has 4 rings (SSSR count). The molecule has 0 aliphatic rings. The number of aryl methyl sites for hydroxylation is 2. The van der Waals surface area contributed by atoms with Crippen LogP contribution in [0.4, 0.5) is 5.13 Å². The van der Waals surface area contributed by atoms with Gasteiger partial charge in [-0.15, -0.1) is 5.10 Å². The number of imidazole rings is 1. The standard InChI is InChI=1S/C18H20N6S/c1-12-10-24-18(20-12)25-17(22-24)19-9-16-13(2)21-23(14(16)3)11-15-7-5-4-6-8-15/h4-8,10H,9,11H2,1-3H3,(H,19,22). The van der Waals surface area contributed by atoms with Crippen molar-refractivity contribution in [3.63, 3.8) is 0 Å². The number of anilines is 1. The Morgan fingerprint density at radius 2 is 1.88 bits per heavy atom. The van der Waals surface area contributed by atoms with E-state index in [0.717, 1.165) is 28.0 Å². The molecule has 0 unspecified atom stereocenters. The fraction of sp³-hybridized carbons (Fsp3) is 0.278. The third-order valence-electron chi connectivity index (χ3n) is 4.29. The molecule has 128 valence electrons. The summed E-state index contributed by atoms with van der Waals surface area (Å²) in [4.78, 5) is 5.35. The van der Waals surface area contributed by atoms with Crippen LogP contribution in [-0.2, 0) is 13.1 Å². The molecule has 7 heteroatoms. The van der Waals surface area contributed by atoms with Gasteiger partial charge in [-0.05, 0) is 26.3 Å². The Morgan fingerprint density at radius 3 is 2.64 bits per heavy atom. The van der Waals surface area contributed by atoms with Crippen molar-refractivity contribution in [2.45, 2.75) is 33.9 Å². The van der Waals surface area contributed by atoms with Gasteiger partial charge in [0.1, 0.15) is 0 Å². The summed E-state index contributed by atoms with van der Waals surface area (Å²) in [5, 5.41) is 13.5. The van der Waals surface area contributed by atoms with Gasteiger partial charge in [-0.3, -0.25) is 4.68 Å². The van der Waals surface area contributed by atoms with Crippen LogP contribution < -0.4 is 5.32 Å². The van der Waals surface area contributed by atoms with Crippen molar-refractivity contribution in [2.24, 2.45) is 0 Å². The van der Waals surface area contributed by atoms with E-state index in [1.54, 1.807) is 11.3 Å². The molecule has 0 saturated carbocycles. The number of rotatable bonds is 5. The number of hydrogen-bond donors (Lipinski definition) is 1. The normalized spacial score (nSPS) is 11.3. The van der Waals surface area contributed by atoms with Crippen molar-refractivity contribution in [3.05, 3.63) is 64.7 Å². The van der Waals surface area contributed by atoms with Crippen molar-refractivity contribution in [1.29, 1.82) is 0 Å². The van der Waals surface area contributed by atoms with Gasteiger partial charge in [-0.1, -0.05) is 41.7 Å². The van der Waals surface area contributed by atoms with Gasteiger partial charge in [0.05, 0.1) is 24.1 Å². The van der Waals surface area contributed by atoms with Gasteiger partial charge in [0.15, 0.2) is 0 Å². The predicted octanol–water partition coefficient (Wildman–Crippen LogP) is 3.57. The second-order valence-electron chi connectivity index (χ2n) is 6.16. The topological polar surface area (TPSA) is 60.0 Å². The smallest absolute Gasteiger partial charge is 0.214 e. The number of fused-ring (bicyclic) bond motifs is 1. The summed E-state index contributed by atoms with van der Waals surface area (Å²) in [7, 11) is 0. The molecule has 0 bridgehead atoms. The Labute approximate surface area is 150 Å². The Balaban J connectivity index is 1.51. The maximum Gasteiger partial charge on any atom is 0.214 e. The molecule has 0 aliphatic heterocycles. The Bertz CT molecular complexity index is 980. The molecular formula is C18H20N6S. The molecule has 1 N–H and O–H groups in total. The average Bonchev–Trinajstić information content (AvgIpc) is 3.19. The monoisotopic (exact) mass is 352 g/mol. The van der Waals surface area contributed by atoms with Crippen LogP contribution >= 0.6 is 11.3 Å². The molecule has 0 atom stereocenters. The van der Waals surface area contributed by atoms with Gasteiger partial charge in [0.2, 0.25) is 10.1 Å². The van der Waals surface area contributed by atoms with Gasteiger partial charge < -0.3 is 5.32 Å². The Hall–Kier alpha value is -2.67. The van der Waals surface area contributed by atoms with Gasteiger partial charge in [-0.2, -0.15) is 5.10 Å². The summed E-state index contributed by atoms with van der Waals surface area (Å²) in [5.74, 6) is 0. The molecule has 0 aliphatic carbocycles. The first kappa shape index (κ1) is 15.8. The number of aromatic nitrogens is 5. The van der Waals surface area contributed by atoms with Crippen LogP contribution in [0.15, 0.2) is 36.5 Å². The number of hydrogen-bond acceptors (Lipinski definition) is 5. The van der Waals surface area contributed by atoms with Gasteiger partial charge in [-0.25, -0.2) is 9.50 Å². The van der Waals surface area contributed by atoms with Crippen LogP contribution in [-0.4, -0.2) is 24.4 Å². The summed E-state index contributed by atoms with van der Waals surface area (Å²) >= 11 is 1.56. The van der Waals surface area contributed by atoms with Crippen LogP contribution in [0.5, 0.6) is 0 Å². The predicted molar refractivity (Wildman–Crippen MR) is 100 cm³/mol. The lowest BCUT2D eigenvalue weighted by atomic mass is 10.2. The van der Waals surface area contributed by atoms with Crippen molar-refractivity contribution < 1.29 is 0 Å². The molecule has 25 heavy (non-hydrogen) atoms. The van der Waals surface area contributed by atoms with Crippen LogP contribution in [0.1, 0.15) is 28.2 Å². The SMILES string of the molecule is Cc1cn2nc(NCc3c(C)nn(Cc4ccccc4)c3C)sc2n1. The minimum atomic E-state index is 0.710. The summed E-state index contributed by atoms with van der Waals surface area (Å²) in [6.07, 6.45) is 1.94.